The number of ether oxygens (including phenoxy) is 1. The molecule has 0 radical (unpaired) electrons. The summed E-state index contributed by atoms with van der Waals surface area (Å²) in [7, 11) is 0. The molecule has 3 aliphatic rings. The van der Waals surface area contributed by atoms with Crippen molar-refractivity contribution in [2.24, 2.45) is 0 Å². The maximum atomic E-state index is 11.8. The molecule has 0 unspecified atom stereocenters. The molecule has 35 heavy (non-hydrogen) atoms. The van der Waals surface area contributed by atoms with E-state index in [1.54, 1.807) is 6.20 Å². The van der Waals surface area contributed by atoms with E-state index < -0.39 is 0 Å². The molecule has 6 rings (SSSR count). The van der Waals surface area contributed by atoms with Crippen LogP contribution in [0.15, 0.2) is 48.4 Å². The van der Waals surface area contributed by atoms with Crippen LogP contribution in [0.4, 0.5) is 17.5 Å². The molecule has 10 heteroatoms. The van der Waals surface area contributed by atoms with Crippen molar-refractivity contribution in [2.45, 2.75) is 31.8 Å². The highest BCUT2D eigenvalue weighted by atomic mass is 16.5. The number of carbonyl (C=O) groups is 1. The number of allylic oxidation sites excluding steroid dienone is 1. The van der Waals surface area contributed by atoms with E-state index in [1.807, 2.05) is 28.9 Å². The van der Waals surface area contributed by atoms with Gasteiger partial charge in [-0.1, -0.05) is 6.58 Å². The molecule has 3 aromatic rings. The quantitative estimate of drug-likeness (QED) is 0.482. The van der Waals surface area contributed by atoms with Gasteiger partial charge in [0.2, 0.25) is 5.91 Å². The largest absolute Gasteiger partial charge is 0.378 e. The highest BCUT2D eigenvalue weighted by Crippen LogP contribution is 2.29. The summed E-state index contributed by atoms with van der Waals surface area (Å²) in [6.07, 6.45) is 8.19. The lowest BCUT2D eigenvalue weighted by Gasteiger charge is -2.28. The Kier molecular flexibility index (Phi) is 5.57. The molecule has 1 amide bonds. The SMILES string of the molecule is C=C1NC(=O)C/C1=C\c1cnn2c(NC3CC3)cc(NCc3ccnc(N4CCOCC4)c3)nc12. The van der Waals surface area contributed by atoms with Crippen molar-refractivity contribution >= 4 is 35.1 Å². The monoisotopic (exact) mass is 472 g/mol. The van der Waals surface area contributed by atoms with Crippen LogP contribution in [0, 0.1) is 0 Å². The van der Waals surface area contributed by atoms with Crippen molar-refractivity contribution in [1.82, 2.24) is 24.9 Å². The second kappa shape index (κ2) is 9.03. The molecule has 0 bridgehead atoms. The Morgan fingerprint density at radius 3 is 2.89 bits per heavy atom. The first-order valence-electron chi connectivity index (χ1n) is 12.0. The molecule has 0 aromatic carbocycles. The predicted octanol–water partition coefficient (Wildman–Crippen LogP) is 2.56. The molecule has 0 spiro atoms. The number of fused-ring (bicyclic) bond motifs is 1. The van der Waals surface area contributed by atoms with E-state index in [9.17, 15) is 4.79 Å². The third-order valence-corrected chi connectivity index (χ3v) is 6.41. The number of pyridine rings is 1. The molecule has 1 saturated carbocycles. The fraction of sp³-hybridized carbons (Fsp3) is 0.360. The number of rotatable bonds is 7. The molecule has 2 saturated heterocycles. The summed E-state index contributed by atoms with van der Waals surface area (Å²) in [4.78, 5) is 23.4. The van der Waals surface area contributed by atoms with Crippen molar-refractivity contribution in [3.05, 3.63) is 59.6 Å². The second-order valence-electron chi connectivity index (χ2n) is 9.13. The summed E-state index contributed by atoms with van der Waals surface area (Å²) < 4.78 is 7.28. The van der Waals surface area contributed by atoms with Crippen molar-refractivity contribution in [3.63, 3.8) is 0 Å². The first-order valence-corrected chi connectivity index (χ1v) is 12.0. The van der Waals surface area contributed by atoms with Crippen LogP contribution >= 0.6 is 0 Å². The summed E-state index contributed by atoms with van der Waals surface area (Å²) in [5.41, 5.74) is 4.19. The topological polar surface area (TPSA) is 109 Å². The van der Waals surface area contributed by atoms with Crippen molar-refractivity contribution < 1.29 is 9.53 Å². The van der Waals surface area contributed by atoms with Crippen LogP contribution in [0.3, 0.4) is 0 Å². The number of nitrogens with one attached hydrogen (secondary N) is 3. The van der Waals surface area contributed by atoms with E-state index >= 15 is 0 Å². The van der Waals surface area contributed by atoms with Crippen LogP contribution in [-0.4, -0.2) is 57.8 Å². The first kappa shape index (κ1) is 21.6. The molecular formula is C25H28N8O2. The van der Waals surface area contributed by atoms with Crippen LogP contribution in [0.5, 0.6) is 0 Å². The fourth-order valence-corrected chi connectivity index (χ4v) is 4.34. The van der Waals surface area contributed by atoms with Gasteiger partial charge in [0.05, 0.1) is 25.8 Å². The van der Waals surface area contributed by atoms with E-state index in [4.69, 9.17) is 9.72 Å². The summed E-state index contributed by atoms with van der Waals surface area (Å²) in [6.45, 7) is 7.72. The van der Waals surface area contributed by atoms with Gasteiger partial charge in [0.25, 0.3) is 0 Å². The highest BCUT2D eigenvalue weighted by molar-refractivity contribution is 5.89. The average molecular weight is 473 g/mol. The number of anilines is 3. The Bertz CT molecular complexity index is 1320. The normalized spacial score (nSPS) is 19.4. The number of morpholine rings is 1. The molecular weight excluding hydrogens is 444 g/mol. The van der Waals surface area contributed by atoms with Gasteiger partial charge in [-0.3, -0.25) is 4.79 Å². The lowest BCUT2D eigenvalue weighted by Crippen LogP contribution is -2.36. The number of nitrogens with zero attached hydrogens (tertiary/aromatic N) is 5. The Balaban J connectivity index is 1.27. The highest BCUT2D eigenvalue weighted by Gasteiger charge is 2.24. The zero-order valence-electron chi connectivity index (χ0n) is 19.5. The Morgan fingerprint density at radius 1 is 1.26 bits per heavy atom. The van der Waals surface area contributed by atoms with E-state index in [-0.39, 0.29) is 5.91 Å². The molecule has 3 aromatic heterocycles. The van der Waals surface area contributed by atoms with Gasteiger partial charge >= 0.3 is 0 Å². The number of aromatic nitrogens is 4. The molecule has 5 heterocycles. The summed E-state index contributed by atoms with van der Waals surface area (Å²) >= 11 is 0. The molecule has 3 N–H and O–H groups in total. The zero-order chi connectivity index (χ0) is 23.8. The van der Waals surface area contributed by atoms with Gasteiger partial charge in [-0.2, -0.15) is 9.61 Å². The van der Waals surface area contributed by atoms with Crippen LogP contribution in [0.25, 0.3) is 11.7 Å². The van der Waals surface area contributed by atoms with Gasteiger partial charge < -0.3 is 25.6 Å². The van der Waals surface area contributed by atoms with Gasteiger partial charge in [0, 0.05) is 49.2 Å². The van der Waals surface area contributed by atoms with Gasteiger partial charge in [-0.15, -0.1) is 0 Å². The molecule has 180 valence electrons. The van der Waals surface area contributed by atoms with Crippen molar-refractivity contribution in [1.29, 1.82) is 0 Å². The lowest BCUT2D eigenvalue weighted by molar-refractivity contribution is -0.118. The van der Waals surface area contributed by atoms with E-state index in [1.165, 1.54) is 0 Å². The van der Waals surface area contributed by atoms with Crippen molar-refractivity contribution in [3.8, 4) is 0 Å². The molecule has 0 atom stereocenters. The van der Waals surface area contributed by atoms with Gasteiger partial charge in [0.15, 0.2) is 5.65 Å². The third kappa shape index (κ3) is 4.69. The number of amides is 1. The first-order chi connectivity index (χ1) is 17.1. The summed E-state index contributed by atoms with van der Waals surface area (Å²) in [5.74, 6) is 2.58. The molecule has 2 aliphatic heterocycles. The standard InChI is InChI=1S/C25H28N8O2/c1-16-18(12-24(34)29-16)11-19-15-28-33-23(30-20-2-3-20)13-21(31-25(19)33)27-14-17-4-5-26-22(10-17)32-6-8-35-9-7-32/h4-5,10-11,13,15,20,30H,1-3,6-9,12,14H2,(H,27,31)(H,29,34)/b18-11+. The number of hydrogen-bond acceptors (Lipinski definition) is 8. The molecule has 1 aliphatic carbocycles. The van der Waals surface area contributed by atoms with E-state index in [0.29, 0.717) is 24.7 Å². The fourth-order valence-electron chi connectivity index (χ4n) is 4.34. The number of carbonyl (C=O) groups excluding carboxylic acids is 1. The van der Waals surface area contributed by atoms with Gasteiger partial charge in [-0.05, 0) is 42.2 Å². The van der Waals surface area contributed by atoms with Crippen LogP contribution in [-0.2, 0) is 16.1 Å². The van der Waals surface area contributed by atoms with Gasteiger partial charge in [0.1, 0.15) is 17.5 Å². The lowest BCUT2D eigenvalue weighted by atomic mass is 10.1. The van der Waals surface area contributed by atoms with E-state index in [0.717, 1.165) is 78.9 Å². The maximum absolute atomic E-state index is 11.8. The average Bonchev–Trinajstić information content (AvgIpc) is 3.51. The Hall–Kier alpha value is -3.92. The maximum Gasteiger partial charge on any atom is 0.228 e. The smallest absolute Gasteiger partial charge is 0.228 e. The Labute approximate surface area is 203 Å². The van der Waals surface area contributed by atoms with Crippen LogP contribution < -0.4 is 20.9 Å². The summed E-state index contributed by atoms with van der Waals surface area (Å²) in [5, 5.41) is 14.4. The predicted molar refractivity (Wildman–Crippen MR) is 134 cm³/mol. The zero-order valence-corrected chi connectivity index (χ0v) is 19.5. The molecule has 3 fully saturated rings. The third-order valence-electron chi connectivity index (χ3n) is 6.41. The van der Waals surface area contributed by atoms with Crippen molar-refractivity contribution in [2.75, 3.05) is 41.8 Å². The van der Waals surface area contributed by atoms with Crippen LogP contribution in [0.1, 0.15) is 30.4 Å². The minimum atomic E-state index is -0.0436. The van der Waals surface area contributed by atoms with Gasteiger partial charge in [-0.25, -0.2) is 9.97 Å². The summed E-state index contributed by atoms with van der Waals surface area (Å²) in [6, 6.07) is 6.60. The number of hydrogen-bond donors (Lipinski definition) is 3. The minimum absolute atomic E-state index is 0.0436. The Morgan fingerprint density at radius 2 is 2.11 bits per heavy atom. The molecule has 10 nitrogen and oxygen atoms in total. The van der Waals surface area contributed by atoms with E-state index in [2.05, 4.69) is 43.6 Å². The minimum Gasteiger partial charge on any atom is -0.378 e. The second-order valence-corrected chi connectivity index (χ2v) is 9.13. The van der Waals surface area contributed by atoms with Crippen LogP contribution in [0.2, 0.25) is 0 Å².